The summed E-state index contributed by atoms with van der Waals surface area (Å²) < 4.78 is 0. The largest absolute Gasteiger partial charge is 0.409 e. The van der Waals surface area contributed by atoms with E-state index >= 15 is 0 Å². The molecule has 0 spiro atoms. The highest BCUT2D eigenvalue weighted by atomic mass is 32.1. The van der Waals surface area contributed by atoms with E-state index in [4.69, 9.17) is 10.9 Å². The molecular weight excluding hydrogens is 198 g/mol. The summed E-state index contributed by atoms with van der Waals surface area (Å²) >= 11 is 1.64. The molecule has 5 heteroatoms. The van der Waals surface area contributed by atoms with Crippen LogP contribution in [0.1, 0.15) is 19.8 Å². The zero-order chi connectivity index (χ0) is 10.4. The van der Waals surface area contributed by atoms with Crippen LogP contribution >= 0.6 is 11.3 Å². The normalized spacial score (nSPS) is 13.9. The van der Waals surface area contributed by atoms with E-state index in [0.717, 1.165) is 12.1 Å². The van der Waals surface area contributed by atoms with Gasteiger partial charge in [0.2, 0.25) is 0 Å². The Bertz CT molecular complexity index is 284. The Morgan fingerprint density at radius 2 is 2.57 bits per heavy atom. The Balaban J connectivity index is 2.47. The number of amidine groups is 1. The van der Waals surface area contributed by atoms with E-state index < -0.39 is 0 Å². The van der Waals surface area contributed by atoms with Crippen molar-refractivity contribution in [2.75, 3.05) is 5.32 Å². The summed E-state index contributed by atoms with van der Waals surface area (Å²) in [4.78, 5) is 0. The second-order valence-electron chi connectivity index (χ2n) is 3.06. The van der Waals surface area contributed by atoms with Crippen LogP contribution in [0.15, 0.2) is 22.0 Å². The molecule has 0 aromatic carbocycles. The van der Waals surface area contributed by atoms with Gasteiger partial charge in [0.05, 0.1) is 0 Å². The van der Waals surface area contributed by atoms with Gasteiger partial charge in [-0.25, -0.2) is 0 Å². The number of hydrogen-bond donors (Lipinski definition) is 3. The lowest BCUT2D eigenvalue weighted by Gasteiger charge is -2.15. The first-order valence-corrected chi connectivity index (χ1v) is 5.45. The fourth-order valence-electron chi connectivity index (χ4n) is 1.17. The molecule has 4 N–H and O–H groups in total. The van der Waals surface area contributed by atoms with Crippen LogP contribution in [-0.4, -0.2) is 17.1 Å². The first-order valence-electron chi connectivity index (χ1n) is 4.51. The van der Waals surface area contributed by atoms with Gasteiger partial charge in [0.25, 0.3) is 0 Å². The Morgan fingerprint density at radius 1 is 1.79 bits per heavy atom. The van der Waals surface area contributed by atoms with E-state index in [1.54, 1.807) is 11.3 Å². The lowest BCUT2D eigenvalue weighted by molar-refractivity contribution is 0.316. The van der Waals surface area contributed by atoms with Crippen molar-refractivity contribution < 1.29 is 5.21 Å². The average molecular weight is 213 g/mol. The molecule has 0 aliphatic heterocycles. The van der Waals surface area contributed by atoms with Crippen LogP contribution < -0.4 is 11.1 Å². The molecule has 0 radical (unpaired) electrons. The van der Waals surface area contributed by atoms with Crippen LogP contribution in [0.5, 0.6) is 0 Å². The highest BCUT2D eigenvalue weighted by molar-refractivity contribution is 7.08. The van der Waals surface area contributed by atoms with E-state index in [-0.39, 0.29) is 11.9 Å². The van der Waals surface area contributed by atoms with E-state index in [0.29, 0.717) is 6.42 Å². The van der Waals surface area contributed by atoms with Gasteiger partial charge in [-0.15, -0.1) is 0 Å². The third-order valence-corrected chi connectivity index (χ3v) is 2.65. The Hall–Kier alpha value is -1.23. The summed E-state index contributed by atoms with van der Waals surface area (Å²) in [7, 11) is 0. The van der Waals surface area contributed by atoms with Gasteiger partial charge in [-0.1, -0.05) is 12.1 Å². The van der Waals surface area contributed by atoms with Gasteiger partial charge in [0.1, 0.15) is 5.84 Å². The zero-order valence-electron chi connectivity index (χ0n) is 8.10. The number of hydrogen-bond acceptors (Lipinski definition) is 4. The van der Waals surface area contributed by atoms with Crippen LogP contribution in [-0.2, 0) is 0 Å². The number of nitrogens with one attached hydrogen (secondary N) is 1. The lowest BCUT2D eigenvalue weighted by Crippen LogP contribution is -2.26. The predicted molar refractivity (Wildman–Crippen MR) is 60.0 cm³/mol. The highest BCUT2D eigenvalue weighted by Gasteiger charge is 2.08. The topological polar surface area (TPSA) is 70.6 Å². The van der Waals surface area contributed by atoms with Gasteiger partial charge < -0.3 is 16.3 Å². The second kappa shape index (κ2) is 5.49. The molecule has 0 amide bonds. The Labute approximate surface area is 87.4 Å². The summed E-state index contributed by atoms with van der Waals surface area (Å²) in [6.45, 7) is 2.06. The van der Waals surface area contributed by atoms with Crippen LogP contribution in [0.25, 0.3) is 0 Å². The van der Waals surface area contributed by atoms with Gasteiger partial charge >= 0.3 is 0 Å². The summed E-state index contributed by atoms with van der Waals surface area (Å²) in [5.41, 5.74) is 6.53. The second-order valence-corrected chi connectivity index (χ2v) is 3.84. The van der Waals surface area contributed by atoms with Crippen LogP contribution in [0, 0.1) is 0 Å². The zero-order valence-corrected chi connectivity index (χ0v) is 8.92. The molecule has 1 atom stereocenters. The van der Waals surface area contributed by atoms with E-state index in [2.05, 4.69) is 17.4 Å². The molecule has 1 aromatic heterocycles. The minimum absolute atomic E-state index is 0.223. The number of anilines is 1. The lowest BCUT2D eigenvalue weighted by atomic mass is 10.1. The fourth-order valence-corrected chi connectivity index (χ4v) is 1.77. The molecule has 1 heterocycles. The Morgan fingerprint density at radius 3 is 3.07 bits per heavy atom. The molecule has 4 nitrogen and oxygen atoms in total. The number of thiophene rings is 1. The molecule has 1 unspecified atom stereocenters. The predicted octanol–water partition coefficient (Wildman–Crippen LogP) is 2.08. The average Bonchev–Trinajstić information content (AvgIpc) is 2.69. The van der Waals surface area contributed by atoms with E-state index in [1.807, 2.05) is 16.8 Å². The van der Waals surface area contributed by atoms with E-state index in [1.165, 1.54) is 0 Å². The minimum atomic E-state index is 0.223. The molecule has 1 rings (SSSR count). The first-order chi connectivity index (χ1) is 6.76. The minimum Gasteiger partial charge on any atom is -0.409 e. The fraction of sp³-hybridized carbons (Fsp3) is 0.444. The maximum absolute atomic E-state index is 8.44. The van der Waals surface area contributed by atoms with Crippen LogP contribution in [0.4, 0.5) is 5.69 Å². The molecule has 0 saturated carbocycles. The standard InChI is InChI=1S/C9H15N3OS/c1-2-7(5-9(10)12-13)11-8-3-4-14-6-8/h3-4,6-7,11,13H,2,5H2,1H3,(H2,10,12). The van der Waals surface area contributed by atoms with Crippen molar-refractivity contribution in [3.8, 4) is 0 Å². The molecule has 14 heavy (non-hydrogen) atoms. The van der Waals surface area contributed by atoms with Crippen molar-refractivity contribution in [1.82, 2.24) is 0 Å². The number of oxime groups is 1. The van der Waals surface area contributed by atoms with E-state index in [9.17, 15) is 0 Å². The van der Waals surface area contributed by atoms with Crippen molar-refractivity contribution in [2.45, 2.75) is 25.8 Å². The quantitative estimate of drug-likeness (QED) is 0.303. The van der Waals surface area contributed by atoms with Crippen molar-refractivity contribution in [3.63, 3.8) is 0 Å². The van der Waals surface area contributed by atoms with Gasteiger partial charge in [-0.3, -0.25) is 0 Å². The van der Waals surface area contributed by atoms with Crippen LogP contribution in [0.3, 0.4) is 0 Å². The molecule has 0 saturated heterocycles. The van der Waals surface area contributed by atoms with Gasteiger partial charge in [-0.2, -0.15) is 11.3 Å². The van der Waals surface area contributed by atoms with Crippen molar-refractivity contribution in [3.05, 3.63) is 16.8 Å². The number of rotatable bonds is 5. The SMILES string of the molecule is CCC(CC(N)=NO)Nc1ccsc1. The summed E-state index contributed by atoms with van der Waals surface area (Å²) in [6.07, 6.45) is 1.49. The molecule has 0 fully saturated rings. The smallest absolute Gasteiger partial charge is 0.141 e. The van der Waals surface area contributed by atoms with Gasteiger partial charge in [0.15, 0.2) is 0 Å². The summed E-state index contributed by atoms with van der Waals surface area (Å²) in [6, 6.07) is 2.24. The van der Waals surface area contributed by atoms with Crippen molar-refractivity contribution >= 4 is 22.9 Å². The van der Waals surface area contributed by atoms with Crippen molar-refractivity contribution in [2.24, 2.45) is 10.9 Å². The molecule has 0 aliphatic carbocycles. The number of nitrogens with zero attached hydrogens (tertiary/aromatic N) is 1. The molecular formula is C9H15N3OS. The molecule has 0 bridgehead atoms. The third-order valence-electron chi connectivity index (χ3n) is 1.97. The molecule has 78 valence electrons. The third kappa shape index (κ3) is 3.26. The summed E-state index contributed by atoms with van der Waals surface area (Å²) in [5.74, 6) is 0.263. The monoisotopic (exact) mass is 213 g/mol. The number of nitrogens with two attached hydrogens (primary N) is 1. The maximum Gasteiger partial charge on any atom is 0.141 e. The maximum atomic E-state index is 8.44. The van der Waals surface area contributed by atoms with Gasteiger partial charge in [0, 0.05) is 23.5 Å². The van der Waals surface area contributed by atoms with Crippen molar-refractivity contribution in [1.29, 1.82) is 0 Å². The highest BCUT2D eigenvalue weighted by Crippen LogP contribution is 2.15. The van der Waals surface area contributed by atoms with Gasteiger partial charge in [-0.05, 0) is 17.9 Å². The van der Waals surface area contributed by atoms with Crippen LogP contribution in [0.2, 0.25) is 0 Å². The molecule has 0 aliphatic rings. The Kier molecular flexibility index (Phi) is 4.25. The summed E-state index contributed by atoms with van der Waals surface area (Å²) in [5, 5.41) is 18.8. The first kappa shape index (κ1) is 10.8. The molecule has 1 aromatic rings.